The molecule has 0 saturated carbocycles. The van der Waals surface area contributed by atoms with Gasteiger partial charge < -0.3 is 4.74 Å². The lowest BCUT2D eigenvalue weighted by molar-refractivity contribution is -0.00528. The van der Waals surface area contributed by atoms with Crippen LogP contribution in [-0.2, 0) is 4.74 Å². The molecule has 1 fully saturated rings. The van der Waals surface area contributed by atoms with Crippen LogP contribution in [0, 0.1) is 0 Å². The van der Waals surface area contributed by atoms with Crippen molar-refractivity contribution < 1.29 is 4.74 Å². The predicted molar refractivity (Wildman–Crippen MR) is 50.3 cm³/mol. The van der Waals surface area contributed by atoms with Crippen LogP contribution in [0.4, 0.5) is 0 Å². The summed E-state index contributed by atoms with van der Waals surface area (Å²) in [5, 5.41) is 0. The molecule has 1 heterocycles. The van der Waals surface area contributed by atoms with Gasteiger partial charge in [-0.05, 0) is 6.42 Å². The van der Waals surface area contributed by atoms with Gasteiger partial charge in [0.25, 0.3) is 0 Å². The Labute approximate surface area is 74.3 Å². The fourth-order valence-electron chi connectivity index (χ4n) is 1.49. The van der Waals surface area contributed by atoms with Gasteiger partial charge in [0.2, 0.25) is 0 Å². The molecular weight excluding hydrogens is 158 g/mol. The van der Waals surface area contributed by atoms with E-state index in [0.29, 0.717) is 6.04 Å². The molecule has 11 heavy (non-hydrogen) atoms. The Morgan fingerprint density at radius 3 is 3.09 bits per heavy atom. The summed E-state index contributed by atoms with van der Waals surface area (Å²) in [6.45, 7) is 6.20. The van der Waals surface area contributed by atoms with E-state index in [1.54, 1.807) is 0 Å². The van der Waals surface area contributed by atoms with Crippen molar-refractivity contribution in [1.29, 1.82) is 0 Å². The van der Waals surface area contributed by atoms with Crippen LogP contribution < -0.4 is 0 Å². The summed E-state index contributed by atoms with van der Waals surface area (Å²) >= 11 is 4.23. The number of rotatable bonds is 3. The average molecular weight is 175 g/mol. The van der Waals surface area contributed by atoms with Crippen molar-refractivity contribution in [3.63, 3.8) is 0 Å². The molecule has 1 saturated heterocycles. The molecule has 1 rings (SSSR count). The Balaban J connectivity index is 2.31. The first-order valence-electron chi connectivity index (χ1n) is 4.31. The molecule has 0 radical (unpaired) electrons. The van der Waals surface area contributed by atoms with Crippen molar-refractivity contribution in [2.45, 2.75) is 19.4 Å². The van der Waals surface area contributed by atoms with Crippen molar-refractivity contribution in [2.24, 2.45) is 0 Å². The van der Waals surface area contributed by atoms with Crippen LogP contribution in [0.5, 0.6) is 0 Å². The number of thiol groups is 1. The molecule has 1 unspecified atom stereocenters. The van der Waals surface area contributed by atoms with E-state index in [1.807, 2.05) is 0 Å². The van der Waals surface area contributed by atoms with E-state index >= 15 is 0 Å². The molecule has 0 spiro atoms. The smallest absolute Gasteiger partial charge is 0.0622 e. The normalized spacial score (nSPS) is 27.3. The van der Waals surface area contributed by atoms with Gasteiger partial charge in [0.15, 0.2) is 0 Å². The SMILES string of the molecule is CCC1COCCN1CCS. The molecule has 1 aliphatic rings. The van der Waals surface area contributed by atoms with Crippen LogP contribution >= 0.6 is 12.6 Å². The molecular formula is C8H17NOS. The maximum atomic E-state index is 5.38. The van der Waals surface area contributed by atoms with E-state index in [9.17, 15) is 0 Å². The first-order chi connectivity index (χ1) is 5.38. The average Bonchev–Trinajstić information content (AvgIpc) is 2.06. The maximum absolute atomic E-state index is 5.38. The van der Waals surface area contributed by atoms with E-state index in [4.69, 9.17) is 4.74 Å². The molecule has 0 aromatic carbocycles. The highest BCUT2D eigenvalue weighted by atomic mass is 32.1. The fraction of sp³-hybridized carbons (Fsp3) is 1.00. The minimum absolute atomic E-state index is 0.635. The lowest BCUT2D eigenvalue weighted by Gasteiger charge is -2.34. The largest absolute Gasteiger partial charge is 0.378 e. The van der Waals surface area contributed by atoms with Crippen LogP contribution in [0.1, 0.15) is 13.3 Å². The highest BCUT2D eigenvalue weighted by Gasteiger charge is 2.19. The molecule has 0 bridgehead atoms. The van der Waals surface area contributed by atoms with Crippen molar-refractivity contribution in [3.8, 4) is 0 Å². The second kappa shape index (κ2) is 5.01. The summed E-state index contributed by atoms with van der Waals surface area (Å²) in [7, 11) is 0. The molecule has 0 aromatic rings. The van der Waals surface area contributed by atoms with Gasteiger partial charge in [0.05, 0.1) is 13.2 Å². The molecule has 1 aliphatic heterocycles. The summed E-state index contributed by atoms with van der Waals surface area (Å²) in [5.41, 5.74) is 0. The fourth-order valence-corrected chi connectivity index (χ4v) is 1.74. The second-order valence-electron chi connectivity index (χ2n) is 2.90. The highest BCUT2D eigenvalue weighted by molar-refractivity contribution is 7.80. The number of hydrogen-bond acceptors (Lipinski definition) is 3. The van der Waals surface area contributed by atoms with Crippen molar-refractivity contribution in [1.82, 2.24) is 4.90 Å². The summed E-state index contributed by atoms with van der Waals surface area (Å²) in [6, 6.07) is 0.635. The van der Waals surface area contributed by atoms with E-state index in [-0.39, 0.29) is 0 Å². The van der Waals surface area contributed by atoms with Crippen LogP contribution in [0.3, 0.4) is 0 Å². The summed E-state index contributed by atoms with van der Waals surface area (Å²) in [4.78, 5) is 2.47. The Morgan fingerprint density at radius 2 is 2.45 bits per heavy atom. The molecule has 0 aliphatic carbocycles. The number of ether oxygens (including phenoxy) is 1. The standard InChI is InChI=1S/C8H17NOS/c1-2-8-7-10-5-3-9(8)4-6-11/h8,11H,2-7H2,1H3. The summed E-state index contributed by atoms with van der Waals surface area (Å²) in [5.74, 6) is 0.955. The van der Waals surface area contributed by atoms with Gasteiger partial charge in [-0.1, -0.05) is 6.92 Å². The number of nitrogens with zero attached hydrogens (tertiary/aromatic N) is 1. The molecule has 2 nitrogen and oxygen atoms in total. The minimum Gasteiger partial charge on any atom is -0.378 e. The van der Waals surface area contributed by atoms with E-state index in [2.05, 4.69) is 24.5 Å². The molecule has 0 N–H and O–H groups in total. The van der Waals surface area contributed by atoms with Crippen LogP contribution in [0.2, 0.25) is 0 Å². The van der Waals surface area contributed by atoms with Crippen molar-refractivity contribution >= 4 is 12.6 Å². The van der Waals surface area contributed by atoms with Crippen LogP contribution in [0.15, 0.2) is 0 Å². The monoisotopic (exact) mass is 175 g/mol. The minimum atomic E-state index is 0.635. The molecule has 0 aromatic heterocycles. The third-order valence-corrected chi connectivity index (χ3v) is 2.41. The van der Waals surface area contributed by atoms with Gasteiger partial charge in [-0.25, -0.2) is 0 Å². The second-order valence-corrected chi connectivity index (χ2v) is 3.34. The van der Waals surface area contributed by atoms with Crippen LogP contribution in [-0.4, -0.2) is 43.0 Å². The lowest BCUT2D eigenvalue weighted by atomic mass is 10.2. The zero-order chi connectivity index (χ0) is 8.10. The molecule has 1 atom stereocenters. The Bertz CT molecular complexity index is 108. The zero-order valence-electron chi connectivity index (χ0n) is 7.12. The third kappa shape index (κ3) is 2.65. The first-order valence-corrected chi connectivity index (χ1v) is 4.94. The van der Waals surface area contributed by atoms with Gasteiger partial charge in [0.1, 0.15) is 0 Å². The van der Waals surface area contributed by atoms with E-state index in [0.717, 1.165) is 32.1 Å². The van der Waals surface area contributed by atoms with Crippen molar-refractivity contribution in [3.05, 3.63) is 0 Å². The van der Waals surface area contributed by atoms with Gasteiger partial charge in [-0.15, -0.1) is 0 Å². The van der Waals surface area contributed by atoms with E-state index < -0.39 is 0 Å². The lowest BCUT2D eigenvalue weighted by Crippen LogP contribution is -2.45. The Morgan fingerprint density at radius 1 is 1.64 bits per heavy atom. The highest BCUT2D eigenvalue weighted by Crippen LogP contribution is 2.09. The maximum Gasteiger partial charge on any atom is 0.0622 e. The summed E-state index contributed by atoms with van der Waals surface area (Å²) < 4.78 is 5.38. The number of morpholine rings is 1. The van der Waals surface area contributed by atoms with Crippen molar-refractivity contribution in [2.75, 3.05) is 32.1 Å². The number of hydrogen-bond donors (Lipinski definition) is 1. The van der Waals surface area contributed by atoms with Crippen LogP contribution in [0.25, 0.3) is 0 Å². The Hall–Kier alpha value is 0.270. The third-order valence-electron chi connectivity index (χ3n) is 2.21. The molecule has 0 amide bonds. The topological polar surface area (TPSA) is 12.5 Å². The first kappa shape index (κ1) is 9.36. The van der Waals surface area contributed by atoms with E-state index in [1.165, 1.54) is 6.42 Å². The van der Waals surface area contributed by atoms with Gasteiger partial charge >= 0.3 is 0 Å². The van der Waals surface area contributed by atoms with Gasteiger partial charge in [0, 0.05) is 24.9 Å². The van der Waals surface area contributed by atoms with Gasteiger partial charge in [-0.2, -0.15) is 12.6 Å². The zero-order valence-corrected chi connectivity index (χ0v) is 8.02. The molecule has 66 valence electrons. The predicted octanol–water partition coefficient (Wildman–Crippen LogP) is 1.03. The summed E-state index contributed by atoms with van der Waals surface area (Å²) in [6.07, 6.45) is 1.19. The quantitative estimate of drug-likeness (QED) is 0.643. The van der Waals surface area contributed by atoms with Gasteiger partial charge in [-0.3, -0.25) is 4.90 Å². The Kier molecular flexibility index (Phi) is 4.26. The molecule has 3 heteroatoms.